The zero-order valence-electron chi connectivity index (χ0n) is 12.5. The van der Waals surface area contributed by atoms with Crippen molar-refractivity contribution in [1.29, 1.82) is 0 Å². The third kappa shape index (κ3) is 4.10. The molecule has 2 aromatic carbocycles. The minimum absolute atomic E-state index is 0.549. The van der Waals surface area contributed by atoms with E-state index in [1.54, 1.807) is 0 Å². The molecule has 20 heavy (non-hydrogen) atoms. The molecule has 2 rings (SSSR count). The molecule has 106 valence electrons. The van der Waals surface area contributed by atoms with E-state index < -0.39 is 0 Å². The molecule has 0 aliphatic rings. The molecule has 0 bridgehead atoms. The van der Waals surface area contributed by atoms with Gasteiger partial charge in [0.25, 0.3) is 0 Å². The Morgan fingerprint density at radius 1 is 1.00 bits per heavy atom. The minimum atomic E-state index is 0.549. The standard InChI is InChI=1S/C18H23NO/c1-4-19-13-15-6-5-7-18(12-15)20-17-10-8-16(9-11-17)14(2)3/h5-12,14,19H,4,13H2,1-3H3. The van der Waals surface area contributed by atoms with Crippen molar-refractivity contribution in [3.05, 3.63) is 59.7 Å². The van der Waals surface area contributed by atoms with E-state index in [-0.39, 0.29) is 0 Å². The van der Waals surface area contributed by atoms with Crippen LogP contribution in [0.1, 0.15) is 37.8 Å². The first kappa shape index (κ1) is 14.6. The van der Waals surface area contributed by atoms with Crippen molar-refractivity contribution in [1.82, 2.24) is 5.32 Å². The molecular weight excluding hydrogens is 246 g/mol. The summed E-state index contributed by atoms with van der Waals surface area (Å²) in [5.74, 6) is 2.32. The summed E-state index contributed by atoms with van der Waals surface area (Å²) in [5, 5.41) is 3.32. The molecule has 0 unspecified atom stereocenters. The lowest BCUT2D eigenvalue weighted by Gasteiger charge is -2.10. The summed E-state index contributed by atoms with van der Waals surface area (Å²) in [4.78, 5) is 0. The fourth-order valence-electron chi connectivity index (χ4n) is 2.05. The molecule has 0 heterocycles. The number of hydrogen-bond acceptors (Lipinski definition) is 2. The van der Waals surface area contributed by atoms with Crippen LogP contribution in [-0.2, 0) is 6.54 Å². The number of rotatable bonds is 6. The second-order valence-corrected chi connectivity index (χ2v) is 5.25. The van der Waals surface area contributed by atoms with E-state index in [0.29, 0.717) is 5.92 Å². The van der Waals surface area contributed by atoms with Gasteiger partial charge >= 0.3 is 0 Å². The van der Waals surface area contributed by atoms with E-state index in [4.69, 9.17) is 4.74 Å². The topological polar surface area (TPSA) is 21.3 Å². The van der Waals surface area contributed by atoms with Gasteiger partial charge in [-0.3, -0.25) is 0 Å². The molecule has 0 atom stereocenters. The van der Waals surface area contributed by atoms with Crippen LogP contribution in [0.5, 0.6) is 11.5 Å². The van der Waals surface area contributed by atoms with Crippen molar-refractivity contribution in [2.75, 3.05) is 6.54 Å². The molecule has 0 fully saturated rings. The third-order valence-corrected chi connectivity index (χ3v) is 3.26. The van der Waals surface area contributed by atoms with E-state index in [2.05, 4.69) is 50.4 Å². The molecule has 0 aromatic heterocycles. The van der Waals surface area contributed by atoms with Crippen molar-refractivity contribution < 1.29 is 4.74 Å². The van der Waals surface area contributed by atoms with Crippen LogP contribution in [0.3, 0.4) is 0 Å². The van der Waals surface area contributed by atoms with E-state index in [9.17, 15) is 0 Å². The Morgan fingerprint density at radius 3 is 2.40 bits per heavy atom. The van der Waals surface area contributed by atoms with E-state index in [1.165, 1.54) is 11.1 Å². The van der Waals surface area contributed by atoms with Crippen LogP contribution in [0.25, 0.3) is 0 Å². The van der Waals surface area contributed by atoms with Crippen LogP contribution in [-0.4, -0.2) is 6.54 Å². The number of hydrogen-bond donors (Lipinski definition) is 1. The van der Waals surface area contributed by atoms with Gasteiger partial charge in [0.15, 0.2) is 0 Å². The highest BCUT2D eigenvalue weighted by molar-refractivity contribution is 5.35. The van der Waals surface area contributed by atoms with Crippen molar-refractivity contribution >= 4 is 0 Å². The first-order valence-corrected chi connectivity index (χ1v) is 7.26. The van der Waals surface area contributed by atoms with E-state index in [0.717, 1.165) is 24.6 Å². The molecule has 2 aromatic rings. The quantitative estimate of drug-likeness (QED) is 0.820. The highest BCUT2D eigenvalue weighted by atomic mass is 16.5. The molecular formula is C18H23NO. The molecule has 0 aliphatic carbocycles. The maximum Gasteiger partial charge on any atom is 0.127 e. The Kier molecular flexibility index (Phi) is 5.19. The van der Waals surface area contributed by atoms with Crippen LogP contribution in [0.2, 0.25) is 0 Å². The highest BCUT2D eigenvalue weighted by Gasteiger charge is 2.01. The number of nitrogens with one attached hydrogen (secondary N) is 1. The van der Waals surface area contributed by atoms with Gasteiger partial charge in [0.2, 0.25) is 0 Å². The Balaban J connectivity index is 2.05. The highest BCUT2D eigenvalue weighted by Crippen LogP contribution is 2.24. The summed E-state index contributed by atoms with van der Waals surface area (Å²) in [7, 11) is 0. The Bertz CT molecular complexity index is 531. The van der Waals surface area contributed by atoms with Crippen molar-refractivity contribution in [3.8, 4) is 11.5 Å². The molecule has 0 saturated heterocycles. The van der Waals surface area contributed by atoms with Crippen molar-refractivity contribution in [2.24, 2.45) is 0 Å². The van der Waals surface area contributed by atoms with E-state index in [1.807, 2.05) is 24.3 Å². The molecule has 1 N–H and O–H groups in total. The van der Waals surface area contributed by atoms with Crippen LogP contribution >= 0.6 is 0 Å². The van der Waals surface area contributed by atoms with Gasteiger partial charge in [-0.2, -0.15) is 0 Å². The summed E-state index contributed by atoms with van der Waals surface area (Å²) < 4.78 is 5.91. The Labute approximate surface area is 121 Å². The summed E-state index contributed by atoms with van der Waals surface area (Å²) in [6, 6.07) is 16.5. The normalized spacial score (nSPS) is 10.8. The third-order valence-electron chi connectivity index (χ3n) is 3.26. The minimum Gasteiger partial charge on any atom is -0.457 e. The monoisotopic (exact) mass is 269 g/mol. The second kappa shape index (κ2) is 7.11. The summed E-state index contributed by atoms with van der Waals surface area (Å²) >= 11 is 0. The molecule has 0 amide bonds. The smallest absolute Gasteiger partial charge is 0.127 e. The average Bonchev–Trinajstić information content (AvgIpc) is 2.46. The van der Waals surface area contributed by atoms with Gasteiger partial charge in [-0.05, 0) is 47.9 Å². The van der Waals surface area contributed by atoms with Crippen LogP contribution in [0.4, 0.5) is 0 Å². The van der Waals surface area contributed by atoms with Crippen LogP contribution in [0.15, 0.2) is 48.5 Å². The maximum absolute atomic E-state index is 5.91. The van der Waals surface area contributed by atoms with Gasteiger partial charge in [-0.15, -0.1) is 0 Å². The Morgan fingerprint density at radius 2 is 1.75 bits per heavy atom. The average molecular weight is 269 g/mol. The van der Waals surface area contributed by atoms with E-state index >= 15 is 0 Å². The van der Waals surface area contributed by atoms with Gasteiger partial charge in [-0.1, -0.05) is 45.0 Å². The summed E-state index contributed by atoms with van der Waals surface area (Å²) in [6.07, 6.45) is 0. The predicted molar refractivity (Wildman–Crippen MR) is 84.4 cm³/mol. The molecule has 0 saturated carbocycles. The second-order valence-electron chi connectivity index (χ2n) is 5.25. The van der Waals surface area contributed by atoms with Gasteiger partial charge in [0.1, 0.15) is 11.5 Å². The summed E-state index contributed by atoms with van der Waals surface area (Å²) in [5.41, 5.74) is 2.57. The lowest BCUT2D eigenvalue weighted by atomic mass is 10.0. The maximum atomic E-state index is 5.91. The molecule has 2 heteroatoms. The zero-order valence-corrected chi connectivity index (χ0v) is 12.5. The van der Waals surface area contributed by atoms with Gasteiger partial charge in [-0.25, -0.2) is 0 Å². The number of benzene rings is 2. The predicted octanol–water partition coefficient (Wildman–Crippen LogP) is 4.71. The lowest BCUT2D eigenvalue weighted by Crippen LogP contribution is -2.11. The van der Waals surface area contributed by atoms with Crippen molar-refractivity contribution in [2.45, 2.75) is 33.2 Å². The zero-order chi connectivity index (χ0) is 14.4. The van der Waals surface area contributed by atoms with Gasteiger partial charge in [0.05, 0.1) is 0 Å². The molecule has 0 radical (unpaired) electrons. The van der Waals surface area contributed by atoms with Crippen molar-refractivity contribution in [3.63, 3.8) is 0 Å². The fourth-order valence-corrected chi connectivity index (χ4v) is 2.05. The van der Waals surface area contributed by atoms with Crippen LogP contribution < -0.4 is 10.1 Å². The number of ether oxygens (including phenoxy) is 1. The SMILES string of the molecule is CCNCc1cccc(Oc2ccc(C(C)C)cc2)c1. The molecule has 2 nitrogen and oxygen atoms in total. The largest absolute Gasteiger partial charge is 0.457 e. The van der Waals surface area contributed by atoms with Gasteiger partial charge in [0, 0.05) is 6.54 Å². The first-order valence-electron chi connectivity index (χ1n) is 7.26. The first-order chi connectivity index (χ1) is 9.69. The Hall–Kier alpha value is -1.80. The lowest BCUT2D eigenvalue weighted by molar-refractivity contribution is 0.481. The van der Waals surface area contributed by atoms with Crippen LogP contribution in [0, 0.1) is 0 Å². The fraction of sp³-hybridized carbons (Fsp3) is 0.333. The van der Waals surface area contributed by atoms with Gasteiger partial charge < -0.3 is 10.1 Å². The molecule has 0 aliphatic heterocycles. The summed E-state index contributed by atoms with van der Waals surface area (Å²) in [6.45, 7) is 8.35. The molecule has 0 spiro atoms.